The smallest absolute Gasteiger partial charge is 0.326 e. The highest BCUT2D eigenvalue weighted by Gasteiger charge is 2.35. The maximum absolute atomic E-state index is 14.7. The first-order valence-corrected chi connectivity index (χ1v) is 25.4. The van der Waals surface area contributed by atoms with E-state index >= 15 is 0 Å². The van der Waals surface area contributed by atoms with Crippen LogP contribution in [0.1, 0.15) is 68.1 Å². The lowest BCUT2D eigenvalue weighted by molar-refractivity contribution is -0.142. The molecule has 0 radical (unpaired) electrons. The molecule has 1 aromatic heterocycles. The normalized spacial score (nSPS) is 20.9. The summed E-state index contributed by atoms with van der Waals surface area (Å²) in [5, 5.41) is 29.6. The van der Waals surface area contributed by atoms with Gasteiger partial charge in [0.15, 0.2) is 11.9 Å². The molecule has 0 saturated carbocycles. The summed E-state index contributed by atoms with van der Waals surface area (Å²) < 4.78 is 5.96. The Hall–Kier alpha value is -8.58. The Balaban J connectivity index is 1.53. The van der Waals surface area contributed by atoms with Crippen LogP contribution in [0.15, 0.2) is 101 Å². The van der Waals surface area contributed by atoms with E-state index in [2.05, 4.69) is 52.2 Å². The first-order valence-electron chi connectivity index (χ1n) is 25.4. The average Bonchev–Trinajstić information content (AvgIpc) is 3.81. The van der Waals surface area contributed by atoms with Gasteiger partial charge in [-0.25, -0.2) is 4.79 Å². The van der Waals surface area contributed by atoms with Crippen molar-refractivity contribution in [3.63, 3.8) is 0 Å². The van der Waals surface area contributed by atoms with Crippen LogP contribution in [0.2, 0.25) is 0 Å². The number of guanidine groups is 2. The molecule has 77 heavy (non-hydrogen) atoms. The first-order chi connectivity index (χ1) is 37.0. The van der Waals surface area contributed by atoms with Crippen LogP contribution in [0.3, 0.4) is 0 Å². The molecule has 5 rings (SSSR count). The molecule has 1 aliphatic rings. The van der Waals surface area contributed by atoms with Crippen LogP contribution in [0.4, 0.5) is 0 Å². The molecule has 0 aliphatic carbocycles. The van der Waals surface area contributed by atoms with Crippen molar-refractivity contribution in [2.75, 3.05) is 26.2 Å². The second kappa shape index (κ2) is 30.7. The number of carbonyl (C=O) groups is 8. The number of H-pyrrole nitrogens is 1. The van der Waals surface area contributed by atoms with Gasteiger partial charge in [0.25, 0.3) is 0 Å². The zero-order valence-corrected chi connectivity index (χ0v) is 42.7. The summed E-state index contributed by atoms with van der Waals surface area (Å²) in [4.78, 5) is 123. The predicted molar refractivity (Wildman–Crippen MR) is 287 cm³/mol. The molecule has 4 aromatic rings. The second-order valence-corrected chi connectivity index (χ2v) is 18.5. The number of benzene rings is 3. The highest BCUT2D eigenvalue weighted by atomic mass is 16.5. The fraction of sp³-hybridized carbons (Fsp3) is 0.423. The molecule has 19 N–H and O–H groups in total. The minimum absolute atomic E-state index is 0.00227. The first kappa shape index (κ1) is 59.3. The van der Waals surface area contributed by atoms with Gasteiger partial charge >= 0.3 is 5.97 Å². The number of carboxylic acid groups (broad SMARTS) is 1. The van der Waals surface area contributed by atoms with Gasteiger partial charge in [-0.1, -0.05) is 78.9 Å². The minimum Gasteiger partial charge on any atom is -0.480 e. The number of carbonyl (C=O) groups excluding carboxylic acids is 7. The number of fused-ring (bicyclic) bond motifs is 1. The van der Waals surface area contributed by atoms with E-state index in [1.165, 1.54) is 0 Å². The molecular weight excluding hydrogens is 995 g/mol. The Kier molecular flexibility index (Phi) is 23.6. The van der Waals surface area contributed by atoms with Crippen molar-refractivity contribution in [2.24, 2.45) is 38.7 Å². The third-order valence-electron chi connectivity index (χ3n) is 12.4. The van der Waals surface area contributed by atoms with E-state index in [0.717, 1.165) is 16.5 Å². The van der Waals surface area contributed by atoms with Gasteiger partial charge in [-0.15, -0.1) is 0 Å². The molecule has 25 nitrogen and oxygen atoms in total. The summed E-state index contributed by atoms with van der Waals surface area (Å²) in [6, 6.07) is 14.9. The number of hydrogen-bond donors (Lipinski definition) is 14. The van der Waals surface area contributed by atoms with Crippen LogP contribution in [0.5, 0.6) is 0 Å². The predicted octanol–water partition coefficient (Wildman–Crippen LogP) is -1.71. The molecule has 7 unspecified atom stereocenters. The summed E-state index contributed by atoms with van der Waals surface area (Å²) in [5.41, 5.74) is 30.9. The number of carboxylic acids is 1. The van der Waals surface area contributed by atoms with Crippen molar-refractivity contribution in [3.05, 3.63) is 108 Å². The lowest BCUT2D eigenvalue weighted by atomic mass is 10.0. The third-order valence-corrected chi connectivity index (χ3v) is 12.4. The number of ether oxygens (including phenoxy) is 1. The maximum atomic E-state index is 14.7. The number of para-hydroxylation sites is 1. The molecule has 1 saturated heterocycles. The highest BCUT2D eigenvalue weighted by molar-refractivity contribution is 5.98. The van der Waals surface area contributed by atoms with Gasteiger partial charge in [-0.05, 0) is 67.7 Å². The number of aromatic amines is 1. The molecule has 0 spiro atoms. The second-order valence-electron chi connectivity index (χ2n) is 18.5. The monoisotopic (exact) mass is 1070 g/mol. The van der Waals surface area contributed by atoms with Crippen LogP contribution in [-0.4, -0.2) is 138 Å². The van der Waals surface area contributed by atoms with Crippen molar-refractivity contribution >= 4 is 70.1 Å². The molecule has 414 valence electrons. The van der Waals surface area contributed by atoms with Crippen LogP contribution in [-0.2, 0) is 62.5 Å². The van der Waals surface area contributed by atoms with Gasteiger partial charge in [0.05, 0.1) is 25.7 Å². The largest absolute Gasteiger partial charge is 0.480 e. The lowest BCUT2D eigenvalue weighted by Crippen LogP contribution is -2.61. The molecule has 2 heterocycles. The highest BCUT2D eigenvalue weighted by Crippen LogP contribution is 2.20. The fourth-order valence-electron chi connectivity index (χ4n) is 8.33. The Morgan fingerprint density at radius 2 is 1.25 bits per heavy atom. The molecule has 1 fully saturated rings. The number of amides is 7. The summed E-state index contributed by atoms with van der Waals surface area (Å²) in [7, 11) is 0. The van der Waals surface area contributed by atoms with Crippen molar-refractivity contribution in [1.29, 1.82) is 0 Å². The van der Waals surface area contributed by atoms with Crippen LogP contribution in [0.25, 0.3) is 10.9 Å². The molecule has 3 aromatic carbocycles. The maximum Gasteiger partial charge on any atom is 0.326 e. The van der Waals surface area contributed by atoms with Gasteiger partial charge in [0, 0.05) is 49.6 Å². The Bertz CT molecular complexity index is 2680. The molecule has 7 amide bonds. The molecule has 1 aliphatic heterocycles. The van der Waals surface area contributed by atoms with E-state index in [9.17, 15) is 43.5 Å². The molecule has 25 heteroatoms. The van der Waals surface area contributed by atoms with Crippen molar-refractivity contribution in [2.45, 2.75) is 113 Å². The van der Waals surface area contributed by atoms with E-state index in [-0.39, 0.29) is 89.5 Å². The quantitative estimate of drug-likeness (QED) is 0.0282. The van der Waals surface area contributed by atoms with Crippen LogP contribution >= 0.6 is 0 Å². The van der Waals surface area contributed by atoms with Crippen LogP contribution < -0.4 is 65.9 Å². The summed E-state index contributed by atoms with van der Waals surface area (Å²) >= 11 is 0. The third kappa shape index (κ3) is 20.2. The van der Waals surface area contributed by atoms with Gasteiger partial charge in [0.1, 0.15) is 36.3 Å². The lowest BCUT2D eigenvalue weighted by Gasteiger charge is -2.28. The van der Waals surface area contributed by atoms with E-state index in [1.807, 2.05) is 24.3 Å². The van der Waals surface area contributed by atoms with Gasteiger partial charge in [-0.3, -0.25) is 43.5 Å². The van der Waals surface area contributed by atoms with Crippen molar-refractivity contribution < 1.29 is 48.2 Å². The minimum atomic E-state index is -1.61. The Morgan fingerprint density at radius 1 is 0.675 bits per heavy atom. The Labute approximate surface area is 445 Å². The van der Waals surface area contributed by atoms with Gasteiger partial charge < -0.3 is 80.7 Å². The number of aliphatic imine (C=N–C) groups is 2. The van der Waals surface area contributed by atoms with E-state index < -0.39 is 103 Å². The number of aromatic nitrogens is 1. The zero-order chi connectivity index (χ0) is 55.7. The number of aliphatic carboxylic acids is 1. The number of nitrogens with zero attached hydrogens (tertiary/aromatic N) is 2. The van der Waals surface area contributed by atoms with E-state index in [0.29, 0.717) is 17.5 Å². The summed E-state index contributed by atoms with van der Waals surface area (Å²) in [6.07, 6.45) is 1.58. The molecule has 0 bridgehead atoms. The fourth-order valence-corrected chi connectivity index (χ4v) is 8.33. The Morgan fingerprint density at radius 3 is 1.92 bits per heavy atom. The summed E-state index contributed by atoms with van der Waals surface area (Å²) in [6.45, 7) is -0.259. The standard InChI is InChI=1S/C52H71N15O10/c53-35(18-11-23-59-51(54)55)44(69)64-41-27-43(68)58-22-10-9-20-38(50(75)76)63-47(72)40(26-33-28-61-36-19-8-7-17-34(33)36)66-45(70)37(21-12-24-60-52(56)57)62-46(71)39(25-31-13-3-1-4-14-31)65-49(74)42(67-48(41)73)30-77-29-32-15-5-2-6-16-32/h1-8,13-17,19,28,35,37-42,61H,9-12,18,20-27,29-30,53H2,(H,58,68)(H,62,71)(H,63,72)(H,64,69)(H,65,74)(H,66,70)(H,67,73)(H,75,76)(H4,54,55,59)(H4,56,57,60). The van der Waals surface area contributed by atoms with Crippen molar-refractivity contribution in [1.82, 2.24) is 42.2 Å². The van der Waals surface area contributed by atoms with Gasteiger partial charge in [-0.2, -0.15) is 0 Å². The number of rotatable bonds is 19. The zero-order valence-electron chi connectivity index (χ0n) is 42.7. The van der Waals surface area contributed by atoms with Crippen molar-refractivity contribution in [3.8, 4) is 0 Å². The molecular formula is C52H71N15O10. The van der Waals surface area contributed by atoms with E-state index in [4.69, 9.17) is 33.4 Å². The van der Waals surface area contributed by atoms with E-state index in [1.54, 1.807) is 66.9 Å². The number of nitrogens with one attached hydrogen (secondary N) is 8. The number of nitrogens with two attached hydrogens (primary N) is 5. The SMILES string of the molecule is NC(N)=NCCCC(N)C(=O)NC1CC(=O)NCCCCC(C(=O)O)NC(=O)C(Cc2c[nH]c3ccccc23)NC(=O)C(CCCN=C(N)N)NC(=O)C(Cc2ccccc2)NC(=O)C(COCc2ccccc2)NC1=O. The van der Waals surface area contributed by atoms with Crippen LogP contribution in [0, 0.1) is 0 Å². The topological polar surface area (TPSA) is 421 Å². The van der Waals surface area contributed by atoms with Gasteiger partial charge in [0.2, 0.25) is 41.4 Å². The average molecular weight is 1070 g/mol. The summed E-state index contributed by atoms with van der Waals surface area (Å²) in [5.74, 6) is -7.62. The molecule has 7 atom stereocenters. The number of hydrogen-bond acceptors (Lipinski definition) is 12.